The normalized spacial score (nSPS) is 10.8. The largest absolute Gasteiger partial charge is 0.420 e. The van der Waals surface area contributed by atoms with Gasteiger partial charge in [-0.1, -0.05) is 11.6 Å². The average molecular weight is 244 g/mol. The molecule has 0 amide bonds. The van der Waals surface area contributed by atoms with Gasteiger partial charge >= 0.3 is 0 Å². The van der Waals surface area contributed by atoms with Crippen LogP contribution in [0.2, 0.25) is 4.34 Å². The van der Waals surface area contributed by atoms with E-state index in [1.165, 1.54) is 11.3 Å². The number of likely N-dealkylation sites (N-methyl/N-ethyl adjacent to an activating group) is 1. The summed E-state index contributed by atoms with van der Waals surface area (Å²) >= 11 is 7.25. The first-order valence-electron chi connectivity index (χ1n) is 4.52. The van der Waals surface area contributed by atoms with Crippen molar-refractivity contribution >= 4 is 22.9 Å². The third-order valence-corrected chi connectivity index (χ3v) is 3.06. The van der Waals surface area contributed by atoms with Gasteiger partial charge in [0, 0.05) is 13.0 Å². The third-order valence-electron chi connectivity index (χ3n) is 1.84. The summed E-state index contributed by atoms with van der Waals surface area (Å²) in [7, 11) is 1.89. The number of hydrogen-bond acceptors (Lipinski definition) is 5. The Morgan fingerprint density at radius 2 is 2.33 bits per heavy atom. The van der Waals surface area contributed by atoms with Crippen LogP contribution in [0.4, 0.5) is 0 Å². The van der Waals surface area contributed by atoms with Gasteiger partial charge in [-0.25, -0.2) is 0 Å². The molecule has 2 aromatic rings. The fourth-order valence-electron chi connectivity index (χ4n) is 1.12. The second kappa shape index (κ2) is 4.74. The summed E-state index contributed by atoms with van der Waals surface area (Å²) in [6, 6.07) is 3.70. The van der Waals surface area contributed by atoms with Crippen LogP contribution >= 0.6 is 22.9 Å². The van der Waals surface area contributed by atoms with Crippen LogP contribution < -0.4 is 5.32 Å². The summed E-state index contributed by atoms with van der Waals surface area (Å²) in [5.41, 5.74) is 0. The molecule has 2 rings (SSSR count). The van der Waals surface area contributed by atoms with Crippen molar-refractivity contribution in [2.45, 2.75) is 6.42 Å². The van der Waals surface area contributed by atoms with Gasteiger partial charge in [0.25, 0.3) is 5.89 Å². The molecule has 15 heavy (non-hydrogen) atoms. The van der Waals surface area contributed by atoms with Crippen LogP contribution in [0.25, 0.3) is 10.8 Å². The molecule has 0 fully saturated rings. The standard InChI is InChI=1S/C9H10ClN3OS/c1-11-5-4-8-12-13-9(14-8)6-2-3-7(10)15-6/h2-3,11H,4-5H2,1H3. The van der Waals surface area contributed by atoms with E-state index in [1.807, 2.05) is 19.2 Å². The molecule has 80 valence electrons. The maximum atomic E-state index is 5.82. The molecule has 2 aromatic heterocycles. The fraction of sp³-hybridized carbons (Fsp3) is 0.333. The molecule has 1 N–H and O–H groups in total. The van der Waals surface area contributed by atoms with Crippen LogP contribution in [0.5, 0.6) is 0 Å². The molecule has 2 heterocycles. The SMILES string of the molecule is CNCCc1nnc(-c2ccc(Cl)s2)o1. The van der Waals surface area contributed by atoms with Gasteiger partial charge in [0.05, 0.1) is 9.21 Å². The van der Waals surface area contributed by atoms with E-state index >= 15 is 0 Å². The minimum absolute atomic E-state index is 0.540. The first-order valence-corrected chi connectivity index (χ1v) is 5.71. The summed E-state index contributed by atoms with van der Waals surface area (Å²) in [6.45, 7) is 0.826. The van der Waals surface area contributed by atoms with Crippen molar-refractivity contribution in [1.82, 2.24) is 15.5 Å². The van der Waals surface area contributed by atoms with Crippen molar-refractivity contribution in [1.29, 1.82) is 0 Å². The molecule has 0 bridgehead atoms. The smallest absolute Gasteiger partial charge is 0.257 e. The molecule has 6 heteroatoms. The number of thiophene rings is 1. The Balaban J connectivity index is 2.13. The lowest BCUT2D eigenvalue weighted by molar-refractivity contribution is 0.501. The van der Waals surface area contributed by atoms with E-state index in [0.29, 0.717) is 11.8 Å². The zero-order valence-electron chi connectivity index (χ0n) is 8.16. The Labute approximate surface area is 96.3 Å². The maximum Gasteiger partial charge on any atom is 0.257 e. The van der Waals surface area contributed by atoms with Crippen molar-refractivity contribution in [3.8, 4) is 10.8 Å². The Kier molecular flexibility index (Phi) is 3.35. The summed E-state index contributed by atoms with van der Waals surface area (Å²) in [6.07, 6.45) is 0.739. The molecule has 0 aliphatic heterocycles. The zero-order chi connectivity index (χ0) is 10.7. The van der Waals surface area contributed by atoms with Crippen LogP contribution in [0.15, 0.2) is 16.5 Å². The summed E-state index contributed by atoms with van der Waals surface area (Å²) in [5, 5.41) is 10.9. The van der Waals surface area contributed by atoms with Gasteiger partial charge in [-0.05, 0) is 19.2 Å². The molecule has 0 saturated carbocycles. The average Bonchev–Trinajstić information content (AvgIpc) is 2.83. The Morgan fingerprint density at radius 3 is 3.00 bits per heavy atom. The molecule has 0 spiro atoms. The van der Waals surface area contributed by atoms with Crippen LogP contribution in [-0.4, -0.2) is 23.8 Å². The summed E-state index contributed by atoms with van der Waals surface area (Å²) < 4.78 is 6.20. The first kappa shape index (κ1) is 10.6. The van der Waals surface area contributed by atoms with Crippen molar-refractivity contribution in [3.63, 3.8) is 0 Å². The lowest BCUT2D eigenvalue weighted by Crippen LogP contribution is -2.10. The Hall–Kier alpha value is -0.910. The van der Waals surface area contributed by atoms with Crippen LogP contribution in [0.1, 0.15) is 5.89 Å². The molecule has 0 unspecified atom stereocenters. The highest BCUT2D eigenvalue weighted by Gasteiger charge is 2.09. The maximum absolute atomic E-state index is 5.82. The van der Waals surface area contributed by atoms with Crippen LogP contribution in [-0.2, 0) is 6.42 Å². The Morgan fingerprint density at radius 1 is 1.47 bits per heavy atom. The number of nitrogens with zero attached hydrogens (tertiary/aromatic N) is 2. The number of aromatic nitrogens is 2. The number of hydrogen-bond donors (Lipinski definition) is 1. The monoisotopic (exact) mass is 243 g/mol. The van der Waals surface area contributed by atoms with E-state index in [2.05, 4.69) is 15.5 Å². The molecule has 0 aromatic carbocycles. The van der Waals surface area contributed by atoms with Gasteiger partial charge in [-0.15, -0.1) is 21.5 Å². The van der Waals surface area contributed by atoms with E-state index in [4.69, 9.17) is 16.0 Å². The lowest BCUT2D eigenvalue weighted by atomic mass is 10.4. The fourth-order valence-corrected chi connectivity index (χ4v) is 2.08. The van der Waals surface area contributed by atoms with Gasteiger partial charge in [0.1, 0.15) is 0 Å². The molecule has 4 nitrogen and oxygen atoms in total. The lowest BCUT2D eigenvalue weighted by Gasteiger charge is -1.91. The van der Waals surface area contributed by atoms with Crippen molar-refractivity contribution in [3.05, 3.63) is 22.4 Å². The second-order valence-corrected chi connectivity index (χ2v) is 4.67. The molecule has 0 saturated heterocycles. The van der Waals surface area contributed by atoms with E-state index < -0.39 is 0 Å². The van der Waals surface area contributed by atoms with E-state index in [1.54, 1.807) is 0 Å². The van der Waals surface area contributed by atoms with Gasteiger partial charge in [-0.2, -0.15) is 0 Å². The third kappa shape index (κ3) is 2.56. The van der Waals surface area contributed by atoms with Crippen molar-refractivity contribution in [2.75, 3.05) is 13.6 Å². The van der Waals surface area contributed by atoms with Crippen LogP contribution in [0, 0.1) is 0 Å². The number of rotatable bonds is 4. The van der Waals surface area contributed by atoms with Gasteiger partial charge in [0.15, 0.2) is 0 Å². The van der Waals surface area contributed by atoms with E-state index in [0.717, 1.165) is 22.2 Å². The highest BCUT2D eigenvalue weighted by molar-refractivity contribution is 7.19. The Bertz CT molecular complexity index is 440. The van der Waals surface area contributed by atoms with E-state index in [9.17, 15) is 0 Å². The molecular weight excluding hydrogens is 234 g/mol. The molecule has 0 aliphatic rings. The van der Waals surface area contributed by atoms with Gasteiger partial charge < -0.3 is 9.73 Å². The quantitative estimate of drug-likeness (QED) is 0.895. The number of nitrogens with one attached hydrogen (secondary N) is 1. The molecule has 0 aliphatic carbocycles. The predicted octanol–water partition coefficient (Wildman–Crippen LogP) is 2.21. The minimum Gasteiger partial charge on any atom is -0.420 e. The highest BCUT2D eigenvalue weighted by atomic mass is 35.5. The molecular formula is C9H10ClN3OS. The second-order valence-electron chi connectivity index (χ2n) is 2.96. The van der Waals surface area contributed by atoms with Gasteiger partial charge in [0.2, 0.25) is 5.89 Å². The van der Waals surface area contributed by atoms with Crippen molar-refractivity contribution in [2.24, 2.45) is 0 Å². The summed E-state index contributed by atoms with van der Waals surface area (Å²) in [5.74, 6) is 1.18. The van der Waals surface area contributed by atoms with Crippen molar-refractivity contribution < 1.29 is 4.42 Å². The topological polar surface area (TPSA) is 51.0 Å². The summed E-state index contributed by atoms with van der Waals surface area (Å²) in [4.78, 5) is 0.906. The molecule has 0 radical (unpaired) electrons. The van der Waals surface area contributed by atoms with Gasteiger partial charge in [-0.3, -0.25) is 0 Å². The molecule has 0 atom stereocenters. The minimum atomic E-state index is 0.540. The first-order chi connectivity index (χ1) is 7.29. The number of halogens is 1. The van der Waals surface area contributed by atoms with E-state index in [-0.39, 0.29) is 0 Å². The zero-order valence-corrected chi connectivity index (χ0v) is 9.73. The predicted molar refractivity (Wildman–Crippen MR) is 60.3 cm³/mol. The highest BCUT2D eigenvalue weighted by Crippen LogP contribution is 2.29. The van der Waals surface area contributed by atoms with Crippen LogP contribution in [0.3, 0.4) is 0 Å².